The summed E-state index contributed by atoms with van der Waals surface area (Å²) in [6.45, 7) is 5.51. The number of fused-ring (bicyclic) bond motifs is 1. The van der Waals surface area contributed by atoms with Gasteiger partial charge in [0.25, 0.3) is 0 Å². The van der Waals surface area contributed by atoms with Crippen molar-refractivity contribution in [1.29, 1.82) is 0 Å². The monoisotopic (exact) mass is 486 g/mol. The number of carbonyl (C=O) groups excluding carboxylic acids is 1. The normalized spacial score (nSPS) is 14.2. The second-order valence-corrected chi connectivity index (χ2v) is 9.01. The molecule has 9 nitrogen and oxygen atoms in total. The number of aryl methyl sites for hydroxylation is 2. The van der Waals surface area contributed by atoms with E-state index in [0.29, 0.717) is 11.5 Å². The van der Waals surface area contributed by atoms with Crippen molar-refractivity contribution < 1.29 is 14.3 Å². The minimum Gasteiger partial charge on any atom is -0.493 e. The summed E-state index contributed by atoms with van der Waals surface area (Å²) in [7, 11) is 3.26. The van der Waals surface area contributed by atoms with Gasteiger partial charge in [0.15, 0.2) is 17.1 Å². The molecule has 0 aliphatic carbocycles. The number of hydrogen-bond donors (Lipinski definition) is 1. The summed E-state index contributed by atoms with van der Waals surface area (Å²) in [6, 6.07) is 11.6. The Kier molecular flexibility index (Phi) is 6.45. The Hall–Kier alpha value is -4.14. The number of pyridine rings is 1. The molecule has 1 fully saturated rings. The average molecular weight is 487 g/mol. The third-order valence-electron chi connectivity index (χ3n) is 6.66. The smallest absolute Gasteiger partial charge is 0.227 e. The molecule has 3 aromatic heterocycles. The molecule has 4 heterocycles. The van der Waals surface area contributed by atoms with E-state index in [1.807, 2.05) is 48.7 Å². The van der Waals surface area contributed by atoms with Crippen molar-refractivity contribution in [2.45, 2.75) is 26.7 Å². The molecule has 1 aliphatic rings. The summed E-state index contributed by atoms with van der Waals surface area (Å²) in [5, 5.41) is 7.85. The van der Waals surface area contributed by atoms with Crippen LogP contribution >= 0.6 is 0 Å². The predicted molar refractivity (Wildman–Crippen MR) is 139 cm³/mol. The Morgan fingerprint density at radius 2 is 1.83 bits per heavy atom. The van der Waals surface area contributed by atoms with E-state index in [9.17, 15) is 4.79 Å². The molecule has 1 aliphatic heterocycles. The van der Waals surface area contributed by atoms with Crippen molar-refractivity contribution in [2.24, 2.45) is 5.92 Å². The Bertz CT molecular complexity index is 1390. The summed E-state index contributed by atoms with van der Waals surface area (Å²) in [4.78, 5) is 24.0. The molecule has 36 heavy (non-hydrogen) atoms. The minimum atomic E-state index is -0.0402. The summed E-state index contributed by atoms with van der Waals surface area (Å²) < 4.78 is 12.8. The minimum absolute atomic E-state index is 0.0402. The van der Waals surface area contributed by atoms with Crippen LogP contribution in [0.2, 0.25) is 0 Å². The topological polar surface area (TPSA) is 93.9 Å². The first-order valence-electron chi connectivity index (χ1n) is 12.0. The number of piperidine rings is 1. The van der Waals surface area contributed by atoms with Gasteiger partial charge in [-0.15, -0.1) is 0 Å². The predicted octanol–water partition coefficient (Wildman–Crippen LogP) is 4.28. The Labute approximate surface area is 210 Å². The molecule has 0 bridgehead atoms. The van der Waals surface area contributed by atoms with Gasteiger partial charge in [0.05, 0.1) is 31.8 Å². The maximum atomic E-state index is 12.8. The van der Waals surface area contributed by atoms with Crippen LogP contribution in [0.15, 0.2) is 48.8 Å². The molecule has 0 atom stereocenters. The molecule has 9 heteroatoms. The zero-order chi connectivity index (χ0) is 25.2. The zero-order valence-electron chi connectivity index (χ0n) is 21.0. The van der Waals surface area contributed by atoms with Crippen molar-refractivity contribution >= 4 is 23.1 Å². The molecule has 1 amide bonds. The van der Waals surface area contributed by atoms with E-state index in [1.165, 1.54) is 0 Å². The summed E-state index contributed by atoms with van der Waals surface area (Å²) in [5.41, 5.74) is 5.25. The van der Waals surface area contributed by atoms with E-state index in [0.717, 1.165) is 65.6 Å². The molecule has 4 aromatic rings. The third-order valence-corrected chi connectivity index (χ3v) is 6.66. The molecule has 0 radical (unpaired) electrons. The van der Waals surface area contributed by atoms with Crippen LogP contribution in [0.3, 0.4) is 0 Å². The number of nitrogens with zero attached hydrogens (tertiary/aromatic N) is 5. The van der Waals surface area contributed by atoms with Crippen LogP contribution in [0.5, 0.6) is 11.5 Å². The lowest BCUT2D eigenvalue weighted by Gasteiger charge is -2.33. The maximum absolute atomic E-state index is 12.8. The van der Waals surface area contributed by atoms with Gasteiger partial charge in [-0.25, -0.2) is 4.98 Å². The fraction of sp³-hybridized carbons (Fsp3) is 0.333. The second kappa shape index (κ2) is 9.85. The first-order chi connectivity index (χ1) is 17.5. The number of anilines is 2. The van der Waals surface area contributed by atoms with Crippen molar-refractivity contribution in [3.05, 3.63) is 60.2 Å². The molecular weight excluding hydrogens is 456 g/mol. The summed E-state index contributed by atoms with van der Waals surface area (Å²) in [5.74, 6) is 2.33. The van der Waals surface area contributed by atoms with Crippen LogP contribution in [0.4, 0.5) is 11.5 Å². The van der Waals surface area contributed by atoms with Gasteiger partial charge in [-0.2, -0.15) is 9.61 Å². The number of ether oxygens (including phenoxy) is 2. The highest BCUT2D eigenvalue weighted by Gasteiger charge is 2.27. The number of aromatic nitrogens is 4. The molecular formula is C27H30N6O3. The Morgan fingerprint density at radius 3 is 2.53 bits per heavy atom. The van der Waals surface area contributed by atoms with Gasteiger partial charge in [0, 0.05) is 42.5 Å². The van der Waals surface area contributed by atoms with Crippen molar-refractivity contribution in [3.63, 3.8) is 0 Å². The standard InChI is InChI=1S/C27H30N6O3/c1-17-14-24(32-12-9-19(10-13-32)27(34)30-21-6-5-11-28-16-21)33-26(29-17)25(18(2)31-33)20-7-8-22(35-3)23(15-20)36-4/h5-8,11,14-16,19H,9-10,12-13H2,1-4H3,(H,30,34). The van der Waals surface area contributed by atoms with E-state index in [-0.39, 0.29) is 11.8 Å². The number of nitrogens with one attached hydrogen (secondary N) is 1. The molecule has 186 valence electrons. The molecule has 0 spiro atoms. The van der Waals surface area contributed by atoms with E-state index in [1.54, 1.807) is 26.6 Å². The highest BCUT2D eigenvalue weighted by molar-refractivity contribution is 5.92. The van der Waals surface area contributed by atoms with Crippen molar-refractivity contribution in [2.75, 3.05) is 37.5 Å². The van der Waals surface area contributed by atoms with Gasteiger partial charge in [0.2, 0.25) is 5.91 Å². The zero-order valence-corrected chi connectivity index (χ0v) is 21.0. The van der Waals surface area contributed by atoms with Gasteiger partial charge in [0.1, 0.15) is 5.82 Å². The van der Waals surface area contributed by atoms with E-state index in [4.69, 9.17) is 19.6 Å². The Balaban J connectivity index is 1.41. The van der Waals surface area contributed by atoms with Crippen LogP contribution in [0, 0.1) is 19.8 Å². The molecule has 1 aromatic carbocycles. The molecule has 0 saturated carbocycles. The summed E-state index contributed by atoms with van der Waals surface area (Å²) >= 11 is 0. The Morgan fingerprint density at radius 1 is 1.06 bits per heavy atom. The lowest BCUT2D eigenvalue weighted by atomic mass is 9.96. The SMILES string of the molecule is COc1ccc(-c2c(C)nn3c(N4CCC(C(=O)Nc5cccnc5)CC4)cc(C)nc23)cc1OC. The largest absolute Gasteiger partial charge is 0.493 e. The fourth-order valence-corrected chi connectivity index (χ4v) is 4.83. The number of hydrogen-bond acceptors (Lipinski definition) is 7. The number of benzene rings is 1. The van der Waals surface area contributed by atoms with Gasteiger partial charge in [-0.1, -0.05) is 6.07 Å². The van der Waals surface area contributed by atoms with E-state index < -0.39 is 0 Å². The molecule has 1 N–H and O–H groups in total. The van der Waals surface area contributed by atoms with E-state index in [2.05, 4.69) is 21.3 Å². The number of rotatable bonds is 6. The molecule has 0 unspecified atom stereocenters. The third kappa shape index (κ3) is 4.44. The quantitative estimate of drug-likeness (QED) is 0.435. The van der Waals surface area contributed by atoms with Crippen molar-refractivity contribution in [3.8, 4) is 22.6 Å². The van der Waals surface area contributed by atoms with Crippen LogP contribution in [-0.4, -0.2) is 52.8 Å². The first-order valence-corrected chi connectivity index (χ1v) is 12.0. The first kappa shape index (κ1) is 23.6. The van der Waals surface area contributed by atoms with Crippen LogP contribution in [-0.2, 0) is 4.79 Å². The van der Waals surface area contributed by atoms with Gasteiger partial charge in [-0.05, 0) is 56.5 Å². The van der Waals surface area contributed by atoms with Crippen LogP contribution in [0.25, 0.3) is 16.8 Å². The highest BCUT2D eigenvalue weighted by atomic mass is 16.5. The highest BCUT2D eigenvalue weighted by Crippen LogP contribution is 2.36. The number of methoxy groups -OCH3 is 2. The summed E-state index contributed by atoms with van der Waals surface area (Å²) in [6.07, 6.45) is 4.88. The average Bonchev–Trinajstić information content (AvgIpc) is 3.23. The lowest BCUT2D eigenvalue weighted by molar-refractivity contribution is -0.120. The van der Waals surface area contributed by atoms with Gasteiger partial charge in [-0.3, -0.25) is 9.78 Å². The van der Waals surface area contributed by atoms with E-state index >= 15 is 0 Å². The van der Waals surface area contributed by atoms with Crippen molar-refractivity contribution in [1.82, 2.24) is 19.6 Å². The number of carbonyl (C=O) groups is 1. The number of amides is 1. The van der Waals surface area contributed by atoms with Crippen LogP contribution < -0.4 is 19.7 Å². The lowest BCUT2D eigenvalue weighted by Crippen LogP contribution is -2.39. The van der Waals surface area contributed by atoms with Gasteiger partial charge >= 0.3 is 0 Å². The van der Waals surface area contributed by atoms with Crippen LogP contribution in [0.1, 0.15) is 24.2 Å². The fourth-order valence-electron chi connectivity index (χ4n) is 4.83. The second-order valence-electron chi connectivity index (χ2n) is 9.01. The molecule has 5 rings (SSSR count). The van der Waals surface area contributed by atoms with Gasteiger partial charge < -0.3 is 19.7 Å². The maximum Gasteiger partial charge on any atom is 0.227 e. The molecule has 1 saturated heterocycles.